The van der Waals surface area contributed by atoms with E-state index in [0.717, 1.165) is 8.95 Å². The number of hydrogen-bond acceptors (Lipinski definition) is 3. The second-order valence-corrected chi connectivity index (χ2v) is 5.87. The van der Waals surface area contributed by atoms with Gasteiger partial charge in [-0.3, -0.25) is 14.5 Å². The minimum Gasteiger partial charge on any atom is -0.480 e. The van der Waals surface area contributed by atoms with Gasteiger partial charge in [0.05, 0.1) is 18.3 Å². The first kappa shape index (κ1) is 16.1. The van der Waals surface area contributed by atoms with E-state index in [9.17, 15) is 9.59 Å². The molecule has 19 heavy (non-hydrogen) atoms. The third-order valence-electron chi connectivity index (χ3n) is 2.61. The Balaban J connectivity index is 2.71. The number of carbonyl (C=O) groups is 2. The molecular formula is C12H14Br2N2O3. The maximum atomic E-state index is 12.0. The van der Waals surface area contributed by atoms with Crippen LogP contribution in [0.1, 0.15) is 6.92 Å². The van der Waals surface area contributed by atoms with Gasteiger partial charge in [-0.15, -0.1) is 0 Å². The van der Waals surface area contributed by atoms with Crippen molar-refractivity contribution >= 4 is 49.4 Å². The van der Waals surface area contributed by atoms with Gasteiger partial charge in [0.25, 0.3) is 0 Å². The molecule has 1 amide bonds. The van der Waals surface area contributed by atoms with E-state index in [0.29, 0.717) is 5.69 Å². The standard InChI is InChI=1S/C12H14Br2N2O3/c1-7(16(2)6-11(17)18)12(19)15-10-4-3-8(13)5-9(10)14/h3-5,7H,6H2,1-2H3,(H,15,19)(H,17,18). The van der Waals surface area contributed by atoms with E-state index in [1.54, 1.807) is 20.0 Å². The Hall–Kier alpha value is -0.920. The maximum Gasteiger partial charge on any atom is 0.317 e. The quantitative estimate of drug-likeness (QED) is 0.806. The summed E-state index contributed by atoms with van der Waals surface area (Å²) in [5.41, 5.74) is 0.642. The van der Waals surface area contributed by atoms with Gasteiger partial charge in [-0.2, -0.15) is 0 Å². The van der Waals surface area contributed by atoms with Gasteiger partial charge in [-0.05, 0) is 48.1 Å². The van der Waals surface area contributed by atoms with Gasteiger partial charge in [0.1, 0.15) is 0 Å². The number of hydrogen-bond donors (Lipinski definition) is 2. The molecule has 1 atom stereocenters. The van der Waals surface area contributed by atoms with Crippen LogP contribution < -0.4 is 5.32 Å². The Morgan fingerprint density at radius 2 is 2.05 bits per heavy atom. The fourth-order valence-corrected chi connectivity index (χ4v) is 2.52. The van der Waals surface area contributed by atoms with Crippen molar-refractivity contribution in [1.82, 2.24) is 4.90 Å². The number of anilines is 1. The molecule has 0 aliphatic carbocycles. The summed E-state index contributed by atoms with van der Waals surface area (Å²) in [5, 5.41) is 11.4. The maximum absolute atomic E-state index is 12.0. The van der Waals surface area contributed by atoms with Gasteiger partial charge in [-0.25, -0.2) is 0 Å². The lowest BCUT2D eigenvalue weighted by Crippen LogP contribution is -2.42. The second-order valence-electron chi connectivity index (χ2n) is 4.10. The van der Waals surface area contributed by atoms with Crippen LogP contribution >= 0.6 is 31.9 Å². The van der Waals surface area contributed by atoms with Crippen molar-refractivity contribution in [3.63, 3.8) is 0 Å². The molecule has 1 aromatic carbocycles. The zero-order valence-corrected chi connectivity index (χ0v) is 13.7. The normalized spacial score (nSPS) is 12.3. The number of carboxylic acid groups (broad SMARTS) is 1. The topological polar surface area (TPSA) is 69.6 Å². The highest BCUT2D eigenvalue weighted by Crippen LogP contribution is 2.26. The summed E-state index contributed by atoms with van der Waals surface area (Å²) in [6.45, 7) is 1.47. The van der Waals surface area contributed by atoms with Crippen LogP contribution in [-0.4, -0.2) is 41.5 Å². The molecule has 2 N–H and O–H groups in total. The summed E-state index contributed by atoms with van der Waals surface area (Å²) >= 11 is 6.68. The van der Waals surface area contributed by atoms with Crippen molar-refractivity contribution < 1.29 is 14.7 Å². The number of benzene rings is 1. The summed E-state index contributed by atoms with van der Waals surface area (Å²) in [6, 6.07) is 4.86. The van der Waals surface area contributed by atoms with Crippen LogP contribution in [0.25, 0.3) is 0 Å². The molecule has 0 heterocycles. The fraction of sp³-hybridized carbons (Fsp3) is 0.333. The predicted octanol–water partition coefficient (Wildman–Crippen LogP) is 2.56. The minimum atomic E-state index is -0.966. The molecule has 104 valence electrons. The zero-order valence-electron chi connectivity index (χ0n) is 10.5. The number of carbonyl (C=O) groups excluding carboxylic acids is 1. The van der Waals surface area contributed by atoms with Crippen LogP contribution in [0.4, 0.5) is 5.69 Å². The molecule has 1 rings (SSSR count). The number of halogens is 2. The number of amides is 1. The molecule has 0 saturated carbocycles. The Kier molecular flexibility index (Phi) is 5.96. The first-order valence-corrected chi connectivity index (χ1v) is 7.08. The van der Waals surface area contributed by atoms with Crippen molar-refractivity contribution in [2.24, 2.45) is 0 Å². The van der Waals surface area contributed by atoms with Crippen LogP contribution in [0.2, 0.25) is 0 Å². The molecule has 0 radical (unpaired) electrons. The summed E-state index contributed by atoms with van der Waals surface area (Å²) in [6.07, 6.45) is 0. The molecule has 5 nitrogen and oxygen atoms in total. The van der Waals surface area contributed by atoms with Gasteiger partial charge >= 0.3 is 5.97 Å². The van der Waals surface area contributed by atoms with E-state index in [4.69, 9.17) is 5.11 Å². The van der Waals surface area contributed by atoms with Crippen molar-refractivity contribution in [3.8, 4) is 0 Å². The van der Waals surface area contributed by atoms with Crippen molar-refractivity contribution in [2.75, 3.05) is 18.9 Å². The van der Waals surface area contributed by atoms with Gasteiger partial charge in [0.2, 0.25) is 5.91 Å². The molecule has 0 aliphatic rings. The van der Waals surface area contributed by atoms with Crippen LogP contribution in [0.3, 0.4) is 0 Å². The van der Waals surface area contributed by atoms with Crippen LogP contribution in [-0.2, 0) is 9.59 Å². The monoisotopic (exact) mass is 392 g/mol. The average molecular weight is 394 g/mol. The molecule has 7 heteroatoms. The van der Waals surface area contributed by atoms with Crippen molar-refractivity contribution in [1.29, 1.82) is 0 Å². The number of rotatable bonds is 5. The molecule has 0 saturated heterocycles. The van der Waals surface area contributed by atoms with Gasteiger partial charge in [0.15, 0.2) is 0 Å². The first-order chi connectivity index (χ1) is 8.81. The molecular weight excluding hydrogens is 380 g/mol. The summed E-state index contributed by atoms with van der Waals surface area (Å²) in [5.74, 6) is -1.22. The predicted molar refractivity (Wildman–Crippen MR) is 80.2 cm³/mol. The lowest BCUT2D eigenvalue weighted by Gasteiger charge is -2.22. The van der Waals surface area contributed by atoms with Crippen LogP contribution in [0.15, 0.2) is 27.1 Å². The number of carboxylic acids is 1. The van der Waals surface area contributed by atoms with Crippen LogP contribution in [0, 0.1) is 0 Å². The van der Waals surface area contributed by atoms with E-state index < -0.39 is 12.0 Å². The van der Waals surface area contributed by atoms with Gasteiger partial charge < -0.3 is 10.4 Å². The lowest BCUT2D eigenvalue weighted by molar-refractivity contribution is -0.138. The van der Waals surface area contributed by atoms with E-state index in [2.05, 4.69) is 37.2 Å². The largest absolute Gasteiger partial charge is 0.480 e. The molecule has 1 aromatic rings. The zero-order chi connectivity index (χ0) is 14.6. The Labute approximate surface area is 128 Å². The number of nitrogens with one attached hydrogen (secondary N) is 1. The Bertz CT molecular complexity index is 494. The smallest absolute Gasteiger partial charge is 0.317 e. The summed E-state index contributed by atoms with van der Waals surface area (Å²) in [7, 11) is 1.59. The van der Waals surface area contributed by atoms with Crippen molar-refractivity contribution in [2.45, 2.75) is 13.0 Å². The Morgan fingerprint density at radius 3 is 2.58 bits per heavy atom. The molecule has 0 spiro atoms. The number of likely N-dealkylation sites (N-methyl/N-ethyl adjacent to an activating group) is 1. The molecule has 0 bridgehead atoms. The summed E-state index contributed by atoms with van der Waals surface area (Å²) in [4.78, 5) is 24.1. The fourth-order valence-electron chi connectivity index (χ4n) is 1.38. The van der Waals surface area contributed by atoms with E-state index >= 15 is 0 Å². The third kappa shape index (κ3) is 4.93. The average Bonchev–Trinajstić information content (AvgIpc) is 2.30. The molecule has 0 fully saturated rings. The highest BCUT2D eigenvalue weighted by atomic mass is 79.9. The molecule has 0 aromatic heterocycles. The highest BCUT2D eigenvalue weighted by Gasteiger charge is 2.20. The molecule has 0 aliphatic heterocycles. The van der Waals surface area contributed by atoms with Crippen LogP contribution in [0.5, 0.6) is 0 Å². The van der Waals surface area contributed by atoms with Gasteiger partial charge in [0, 0.05) is 8.95 Å². The highest BCUT2D eigenvalue weighted by molar-refractivity contribution is 9.11. The SMILES string of the molecule is CC(C(=O)Nc1ccc(Br)cc1Br)N(C)CC(=O)O. The van der Waals surface area contributed by atoms with E-state index in [1.807, 2.05) is 12.1 Å². The number of nitrogens with zero attached hydrogens (tertiary/aromatic N) is 1. The van der Waals surface area contributed by atoms with E-state index in [-0.39, 0.29) is 12.5 Å². The number of aliphatic carboxylic acids is 1. The second kappa shape index (κ2) is 7.02. The van der Waals surface area contributed by atoms with Crippen molar-refractivity contribution in [3.05, 3.63) is 27.1 Å². The summed E-state index contributed by atoms with van der Waals surface area (Å²) < 4.78 is 1.65. The van der Waals surface area contributed by atoms with E-state index in [1.165, 1.54) is 4.90 Å². The Morgan fingerprint density at radius 1 is 1.42 bits per heavy atom. The first-order valence-electron chi connectivity index (χ1n) is 5.49. The minimum absolute atomic E-state index is 0.184. The van der Waals surface area contributed by atoms with Gasteiger partial charge in [-0.1, -0.05) is 15.9 Å². The lowest BCUT2D eigenvalue weighted by atomic mass is 10.2. The third-order valence-corrected chi connectivity index (χ3v) is 3.76. The molecule has 1 unspecified atom stereocenters.